The second-order valence-corrected chi connectivity index (χ2v) is 4.22. The van der Waals surface area contributed by atoms with Gasteiger partial charge in [-0.2, -0.15) is 19.7 Å². The van der Waals surface area contributed by atoms with E-state index in [1.165, 1.54) is 12.7 Å². The number of anilines is 1. The maximum absolute atomic E-state index is 4.29. The smallest absolute Gasteiger partial charge is 0.254 e. The fourth-order valence-corrected chi connectivity index (χ4v) is 1.88. The highest BCUT2D eigenvalue weighted by Crippen LogP contribution is 2.10. The molecule has 0 aliphatic heterocycles. The van der Waals surface area contributed by atoms with Crippen molar-refractivity contribution in [2.24, 2.45) is 0 Å². The first-order valence-electron chi connectivity index (χ1n) is 6.08. The van der Waals surface area contributed by atoms with Gasteiger partial charge in [-0.1, -0.05) is 0 Å². The molecule has 3 aromatic rings. The number of H-pyrrole nitrogens is 1. The molecule has 3 aromatic heterocycles. The molecule has 0 spiro atoms. The van der Waals surface area contributed by atoms with Crippen LogP contribution in [0.1, 0.15) is 17.9 Å². The van der Waals surface area contributed by atoms with Crippen LogP contribution >= 0.6 is 0 Å². The lowest BCUT2D eigenvalue weighted by Crippen LogP contribution is -2.09. The van der Waals surface area contributed by atoms with Gasteiger partial charge in [0.1, 0.15) is 24.3 Å². The van der Waals surface area contributed by atoms with Crippen molar-refractivity contribution in [1.82, 2.24) is 34.8 Å². The highest BCUT2D eigenvalue weighted by molar-refractivity contribution is 5.44. The summed E-state index contributed by atoms with van der Waals surface area (Å²) in [4.78, 5) is 12.5. The second kappa shape index (κ2) is 5.01. The molecule has 19 heavy (non-hydrogen) atoms. The van der Waals surface area contributed by atoms with E-state index < -0.39 is 0 Å². The third-order valence-electron chi connectivity index (χ3n) is 2.74. The van der Waals surface area contributed by atoms with E-state index in [1.807, 2.05) is 13.0 Å². The maximum atomic E-state index is 4.29. The minimum absolute atomic E-state index is 0.609. The molecule has 0 atom stereocenters. The van der Waals surface area contributed by atoms with Crippen LogP contribution in [0.3, 0.4) is 0 Å². The summed E-state index contributed by atoms with van der Waals surface area (Å²) in [6, 6.07) is 1.95. The molecule has 8 heteroatoms. The van der Waals surface area contributed by atoms with Crippen molar-refractivity contribution < 1.29 is 0 Å². The number of hydrogen-bond acceptors (Lipinski definition) is 6. The van der Waals surface area contributed by atoms with E-state index in [4.69, 9.17) is 0 Å². The zero-order valence-electron chi connectivity index (χ0n) is 10.5. The van der Waals surface area contributed by atoms with Crippen LogP contribution < -0.4 is 5.32 Å². The zero-order valence-corrected chi connectivity index (χ0v) is 10.5. The average Bonchev–Trinajstić information content (AvgIpc) is 3.04. The molecular formula is C11H14N8. The SMILES string of the molecule is Cc1cc(NCCCc2ncn[nH]2)n2ncnc2n1. The lowest BCUT2D eigenvalue weighted by Gasteiger charge is -2.07. The van der Waals surface area contributed by atoms with Crippen molar-refractivity contribution in [3.63, 3.8) is 0 Å². The molecule has 3 rings (SSSR count). The molecule has 2 N–H and O–H groups in total. The Balaban J connectivity index is 1.63. The van der Waals surface area contributed by atoms with Gasteiger partial charge in [0.2, 0.25) is 0 Å². The van der Waals surface area contributed by atoms with Crippen LogP contribution in [0.15, 0.2) is 18.7 Å². The van der Waals surface area contributed by atoms with Crippen LogP contribution in [0.2, 0.25) is 0 Å². The third kappa shape index (κ3) is 2.51. The van der Waals surface area contributed by atoms with Gasteiger partial charge in [-0.15, -0.1) is 0 Å². The molecule has 0 saturated heterocycles. The highest BCUT2D eigenvalue weighted by atomic mass is 15.3. The van der Waals surface area contributed by atoms with Crippen LogP contribution in [0.5, 0.6) is 0 Å². The maximum Gasteiger partial charge on any atom is 0.254 e. The standard InChI is InChI=1S/C11H14N8/c1-8-5-10(19-11(17-8)14-7-16-19)12-4-2-3-9-13-6-15-18-9/h5-7,12H,2-4H2,1H3,(H,13,15,18). The Bertz CT molecular complexity index is 656. The Hall–Kier alpha value is -2.51. The largest absolute Gasteiger partial charge is 0.370 e. The van der Waals surface area contributed by atoms with Gasteiger partial charge < -0.3 is 5.32 Å². The van der Waals surface area contributed by atoms with Crippen LogP contribution in [0, 0.1) is 6.92 Å². The molecule has 0 bridgehead atoms. The van der Waals surface area contributed by atoms with Gasteiger partial charge in [0.05, 0.1) is 0 Å². The first kappa shape index (κ1) is 11.6. The Morgan fingerprint density at radius 2 is 2.26 bits per heavy atom. The Labute approximate surface area is 109 Å². The number of aromatic nitrogens is 7. The lowest BCUT2D eigenvalue weighted by molar-refractivity contribution is 0.796. The Morgan fingerprint density at radius 3 is 3.11 bits per heavy atom. The quantitative estimate of drug-likeness (QED) is 0.650. The molecule has 0 aromatic carbocycles. The van der Waals surface area contributed by atoms with Crippen LogP contribution in [-0.2, 0) is 6.42 Å². The summed E-state index contributed by atoms with van der Waals surface area (Å²) in [5.74, 6) is 2.41. The lowest BCUT2D eigenvalue weighted by atomic mass is 10.3. The summed E-state index contributed by atoms with van der Waals surface area (Å²) in [6.07, 6.45) is 4.83. The van der Waals surface area contributed by atoms with Crippen molar-refractivity contribution in [1.29, 1.82) is 0 Å². The first-order valence-corrected chi connectivity index (χ1v) is 6.08. The van der Waals surface area contributed by atoms with Gasteiger partial charge in [-0.05, 0) is 13.3 Å². The summed E-state index contributed by atoms with van der Waals surface area (Å²) in [6.45, 7) is 2.76. The summed E-state index contributed by atoms with van der Waals surface area (Å²) in [7, 11) is 0. The molecule has 8 nitrogen and oxygen atoms in total. The topological polar surface area (TPSA) is 96.7 Å². The number of aryl methyl sites for hydroxylation is 2. The summed E-state index contributed by atoms with van der Waals surface area (Å²) in [5, 5.41) is 14.1. The van der Waals surface area contributed by atoms with E-state index in [0.717, 1.165) is 36.7 Å². The predicted octanol–water partition coefficient (Wildman–Crippen LogP) is 0.596. The van der Waals surface area contributed by atoms with Crippen molar-refractivity contribution >= 4 is 11.6 Å². The van der Waals surface area contributed by atoms with Crippen LogP contribution in [0.4, 0.5) is 5.82 Å². The number of rotatable bonds is 5. The van der Waals surface area contributed by atoms with E-state index in [0.29, 0.717) is 5.78 Å². The number of nitrogens with zero attached hydrogens (tertiary/aromatic N) is 6. The van der Waals surface area contributed by atoms with Gasteiger partial charge in [0, 0.05) is 24.7 Å². The van der Waals surface area contributed by atoms with E-state index in [-0.39, 0.29) is 0 Å². The fourth-order valence-electron chi connectivity index (χ4n) is 1.88. The summed E-state index contributed by atoms with van der Waals surface area (Å²) >= 11 is 0. The molecule has 0 unspecified atom stereocenters. The van der Waals surface area contributed by atoms with Gasteiger partial charge in [-0.3, -0.25) is 5.10 Å². The van der Waals surface area contributed by atoms with E-state index in [2.05, 4.69) is 35.6 Å². The molecule has 3 heterocycles. The Morgan fingerprint density at radius 1 is 1.32 bits per heavy atom. The second-order valence-electron chi connectivity index (χ2n) is 4.22. The summed E-state index contributed by atoms with van der Waals surface area (Å²) in [5.41, 5.74) is 0.915. The molecule has 0 aliphatic rings. The van der Waals surface area contributed by atoms with Crippen LogP contribution in [-0.4, -0.2) is 41.3 Å². The number of nitrogens with one attached hydrogen (secondary N) is 2. The molecule has 0 fully saturated rings. The fraction of sp³-hybridized carbons (Fsp3) is 0.364. The van der Waals surface area contributed by atoms with Gasteiger partial charge in [0.25, 0.3) is 5.78 Å². The van der Waals surface area contributed by atoms with Gasteiger partial charge in [0.15, 0.2) is 0 Å². The number of aromatic amines is 1. The van der Waals surface area contributed by atoms with Gasteiger partial charge in [-0.25, -0.2) is 9.97 Å². The molecule has 0 saturated carbocycles. The molecule has 0 amide bonds. The highest BCUT2D eigenvalue weighted by Gasteiger charge is 2.04. The van der Waals surface area contributed by atoms with E-state index in [1.54, 1.807) is 4.52 Å². The first-order chi connectivity index (χ1) is 9.33. The molecule has 0 radical (unpaired) electrons. The van der Waals surface area contributed by atoms with Crippen molar-refractivity contribution in [3.8, 4) is 0 Å². The van der Waals surface area contributed by atoms with E-state index >= 15 is 0 Å². The molecule has 98 valence electrons. The van der Waals surface area contributed by atoms with Crippen molar-refractivity contribution in [2.75, 3.05) is 11.9 Å². The minimum Gasteiger partial charge on any atom is -0.370 e. The zero-order chi connectivity index (χ0) is 13.1. The Kier molecular flexibility index (Phi) is 3.05. The summed E-state index contributed by atoms with van der Waals surface area (Å²) < 4.78 is 1.70. The van der Waals surface area contributed by atoms with Crippen LogP contribution in [0.25, 0.3) is 5.78 Å². The molecular weight excluding hydrogens is 244 g/mol. The normalized spacial score (nSPS) is 11.0. The molecule has 0 aliphatic carbocycles. The monoisotopic (exact) mass is 258 g/mol. The van der Waals surface area contributed by atoms with Crippen molar-refractivity contribution in [2.45, 2.75) is 19.8 Å². The number of fused-ring (bicyclic) bond motifs is 1. The minimum atomic E-state index is 0.609. The van der Waals surface area contributed by atoms with Gasteiger partial charge >= 0.3 is 0 Å². The average molecular weight is 258 g/mol. The van der Waals surface area contributed by atoms with Crippen molar-refractivity contribution in [3.05, 3.63) is 30.2 Å². The third-order valence-corrected chi connectivity index (χ3v) is 2.74. The number of hydrogen-bond donors (Lipinski definition) is 2. The predicted molar refractivity (Wildman–Crippen MR) is 68.7 cm³/mol. The van der Waals surface area contributed by atoms with E-state index in [9.17, 15) is 0 Å².